The van der Waals surface area contributed by atoms with Gasteiger partial charge in [0.15, 0.2) is 0 Å². The summed E-state index contributed by atoms with van der Waals surface area (Å²) in [6.45, 7) is 4.36. The Hall–Kier alpha value is -2.40. The Labute approximate surface area is 141 Å². The number of carboxylic acids is 1. The lowest BCUT2D eigenvalue weighted by Crippen LogP contribution is -2.27. The molecule has 1 N–H and O–H groups in total. The van der Waals surface area contributed by atoms with Gasteiger partial charge < -0.3 is 9.84 Å². The lowest BCUT2D eigenvalue weighted by molar-refractivity contribution is -0.138. The van der Waals surface area contributed by atoms with Crippen molar-refractivity contribution >= 4 is 5.97 Å². The second kappa shape index (κ2) is 7.45. The number of aliphatic carboxylic acids is 1. The number of carboxylic acid groups (broad SMARTS) is 1. The average molecular weight is 326 g/mol. The molecule has 1 atom stereocenters. The van der Waals surface area contributed by atoms with Gasteiger partial charge in [0.1, 0.15) is 5.75 Å². The SMILES string of the molecule is CCOc1ccc(-c2cc(C3CCN(CC(=O)O)C3)ccn2)cc1. The van der Waals surface area contributed by atoms with E-state index in [1.165, 1.54) is 5.56 Å². The Kier molecular flexibility index (Phi) is 5.11. The Morgan fingerprint density at radius 3 is 2.83 bits per heavy atom. The minimum Gasteiger partial charge on any atom is -0.494 e. The van der Waals surface area contributed by atoms with E-state index in [1.54, 1.807) is 0 Å². The summed E-state index contributed by atoms with van der Waals surface area (Å²) in [5.41, 5.74) is 3.22. The molecule has 2 heterocycles. The zero-order valence-electron chi connectivity index (χ0n) is 13.8. The topological polar surface area (TPSA) is 62.7 Å². The van der Waals surface area contributed by atoms with Crippen LogP contribution < -0.4 is 4.74 Å². The fraction of sp³-hybridized carbons (Fsp3) is 0.368. The summed E-state index contributed by atoms with van der Waals surface area (Å²) >= 11 is 0. The zero-order chi connectivity index (χ0) is 16.9. The molecule has 5 nitrogen and oxygen atoms in total. The minimum absolute atomic E-state index is 0.118. The Bertz CT molecular complexity index is 700. The molecule has 1 unspecified atom stereocenters. The molecule has 1 fully saturated rings. The van der Waals surface area contributed by atoms with E-state index in [0.29, 0.717) is 12.5 Å². The Morgan fingerprint density at radius 2 is 2.12 bits per heavy atom. The summed E-state index contributed by atoms with van der Waals surface area (Å²) in [6.07, 6.45) is 2.82. The lowest BCUT2D eigenvalue weighted by atomic mass is 9.97. The maximum Gasteiger partial charge on any atom is 0.317 e. The molecule has 2 aromatic rings. The highest BCUT2D eigenvalue weighted by molar-refractivity contribution is 5.69. The molecule has 24 heavy (non-hydrogen) atoms. The van der Waals surface area contributed by atoms with Crippen LogP contribution in [-0.4, -0.2) is 47.2 Å². The first kappa shape index (κ1) is 16.5. The van der Waals surface area contributed by atoms with E-state index < -0.39 is 5.97 Å². The van der Waals surface area contributed by atoms with Gasteiger partial charge in [-0.25, -0.2) is 0 Å². The number of carbonyl (C=O) groups is 1. The molecule has 3 rings (SSSR count). The average Bonchev–Trinajstić information content (AvgIpc) is 3.04. The predicted octanol–water partition coefficient (Wildman–Crippen LogP) is 3.02. The number of ether oxygens (including phenoxy) is 1. The smallest absolute Gasteiger partial charge is 0.317 e. The van der Waals surface area contributed by atoms with Gasteiger partial charge in [-0.1, -0.05) is 0 Å². The van der Waals surface area contributed by atoms with Crippen LogP contribution in [-0.2, 0) is 4.79 Å². The first-order chi connectivity index (χ1) is 11.7. The van der Waals surface area contributed by atoms with Crippen molar-refractivity contribution in [1.82, 2.24) is 9.88 Å². The molecule has 0 aliphatic carbocycles. The third kappa shape index (κ3) is 3.92. The van der Waals surface area contributed by atoms with Crippen molar-refractivity contribution in [2.45, 2.75) is 19.3 Å². The number of hydrogen-bond acceptors (Lipinski definition) is 4. The third-order valence-corrected chi connectivity index (χ3v) is 4.35. The first-order valence-electron chi connectivity index (χ1n) is 8.29. The monoisotopic (exact) mass is 326 g/mol. The number of aromatic nitrogens is 1. The summed E-state index contributed by atoms with van der Waals surface area (Å²) < 4.78 is 5.47. The molecule has 126 valence electrons. The number of rotatable bonds is 6. The number of nitrogens with zero attached hydrogens (tertiary/aromatic N) is 2. The fourth-order valence-corrected chi connectivity index (χ4v) is 3.19. The van der Waals surface area contributed by atoms with Crippen molar-refractivity contribution in [3.63, 3.8) is 0 Å². The number of pyridine rings is 1. The van der Waals surface area contributed by atoms with E-state index in [1.807, 2.05) is 48.4 Å². The van der Waals surface area contributed by atoms with Crippen molar-refractivity contribution in [2.24, 2.45) is 0 Å². The van der Waals surface area contributed by atoms with E-state index in [4.69, 9.17) is 9.84 Å². The minimum atomic E-state index is -0.763. The van der Waals surface area contributed by atoms with Crippen LogP contribution in [0.2, 0.25) is 0 Å². The molecule has 0 radical (unpaired) electrons. The van der Waals surface area contributed by atoms with Crippen LogP contribution in [0.5, 0.6) is 5.75 Å². The van der Waals surface area contributed by atoms with Crippen molar-refractivity contribution in [2.75, 3.05) is 26.2 Å². The highest BCUT2D eigenvalue weighted by Gasteiger charge is 2.25. The van der Waals surface area contributed by atoms with Gasteiger partial charge in [-0.2, -0.15) is 0 Å². The standard InChI is InChI=1S/C19H22N2O3/c1-2-24-17-5-3-14(4-6-17)18-11-15(7-9-20-18)16-8-10-21(12-16)13-19(22)23/h3-7,9,11,16H,2,8,10,12-13H2,1H3,(H,22,23). The quantitative estimate of drug-likeness (QED) is 0.884. The fourth-order valence-electron chi connectivity index (χ4n) is 3.19. The third-order valence-electron chi connectivity index (χ3n) is 4.35. The maximum atomic E-state index is 10.8. The second-order valence-corrected chi connectivity index (χ2v) is 6.05. The number of hydrogen-bond donors (Lipinski definition) is 1. The molecule has 5 heteroatoms. The molecule has 1 aromatic heterocycles. The maximum absolute atomic E-state index is 10.8. The summed E-state index contributed by atoms with van der Waals surface area (Å²) in [5, 5.41) is 8.92. The molecule has 1 aromatic carbocycles. The molecule has 1 saturated heterocycles. The molecular weight excluding hydrogens is 304 g/mol. The summed E-state index contributed by atoms with van der Waals surface area (Å²) in [4.78, 5) is 17.3. The van der Waals surface area contributed by atoms with Crippen LogP contribution in [0.1, 0.15) is 24.8 Å². The van der Waals surface area contributed by atoms with Gasteiger partial charge in [-0.15, -0.1) is 0 Å². The van der Waals surface area contributed by atoms with E-state index >= 15 is 0 Å². The van der Waals surface area contributed by atoms with Gasteiger partial charge in [-0.3, -0.25) is 14.7 Å². The van der Waals surface area contributed by atoms with Gasteiger partial charge in [0.25, 0.3) is 0 Å². The van der Waals surface area contributed by atoms with E-state index in [0.717, 1.165) is 36.5 Å². The predicted molar refractivity (Wildman–Crippen MR) is 92.3 cm³/mol. The van der Waals surface area contributed by atoms with Crippen molar-refractivity contribution < 1.29 is 14.6 Å². The number of likely N-dealkylation sites (tertiary alicyclic amines) is 1. The Morgan fingerprint density at radius 1 is 1.33 bits per heavy atom. The van der Waals surface area contributed by atoms with Gasteiger partial charge in [0, 0.05) is 18.3 Å². The molecule has 0 saturated carbocycles. The lowest BCUT2D eigenvalue weighted by Gasteiger charge is -2.14. The molecule has 1 aliphatic heterocycles. The van der Waals surface area contributed by atoms with Crippen LogP contribution in [0, 0.1) is 0 Å². The van der Waals surface area contributed by atoms with Crippen LogP contribution in [0.3, 0.4) is 0 Å². The second-order valence-electron chi connectivity index (χ2n) is 6.05. The van der Waals surface area contributed by atoms with Gasteiger partial charge in [0.2, 0.25) is 0 Å². The van der Waals surface area contributed by atoms with E-state index in [9.17, 15) is 4.79 Å². The van der Waals surface area contributed by atoms with Gasteiger partial charge in [-0.05, 0) is 67.8 Å². The van der Waals surface area contributed by atoms with Crippen molar-refractivity contribution in [3.8, 4) is 17.0 Å². The first-order valence-corrected chi connectivity index (χ1v) is 8.29. The molecule has 0 spiro atoms. The normalized spacial score (nSPS) is 17.8. The Balaban J connectivity index is 1.73. The molecule has 0 bridgehead atoms. The van der Waals surface area contributed by atoms with Gasteiger partial charge >= 0.3 is 5.97 Å². The molecular formula is C19H22N2O3. The largest absolute Gasteiger partial charge is 0.494 e. The van der Waals surface area contributed by atoms with Crippen LogP contribution >= 0.6 is 0 Å². The summed E-state index contributed by atoms with van der Waals surface area (Å²) in [5.74, 6) is 0.465. The summed E-state index contributed by atoms with van der Waals surface area (Å²) in [6, 6.07) is 12.1. The van der Waals surface area contributed by atoms with E-state index in [-0.39, 0.29) is 6.54 Å². The number of benzene rings is 1. The molecule has 0 amide bonds. The highest BCUT2D eigenvalue weighted by atomic mass is 16.5. The van der Waals surface area contributed by atoms with Crippen LogP contribution in [0.4, 0.5) is 0 Å². The van der Waals surface area contributed by atoms with Crippen molar-refractivity contribution in [1.29, 1.82) is 0 Å². The van der Waals surface area contributed by atoms with Crippen molar-refractivity contribution in [3.05, 3.63) is 48.2 Å². The van der Waals surface area contributed by atoms with Crippen LogP contribution in [0.15, 0.2) is 42.6 Å². The van der Waals surface area contributed by atoms with Gasteiger partial charge in [0.05, 0.1) is 18.8 Å². The van der Waals surface area contributed by atoms with Crippen LogP contribution in [0.25, 0.3) is 11.3 Å². The zero-order valence-corrected chi connectivity index (χ0v) is 13.8. The highest BCUT2D eigenvalue weighted by Crippen LogP contribution is 2.29. The van der Waals surface area contributed by atoms with E-state index in [2.05, 4.69) is 11.1 Å². The molecule has 1 aliphatic rings. The summed E-state index contributed by atoms with van der Waals surface area (Å²) in [7, 11) is 0.